The molecule has 1 atom stereocenters. The van der Waals surface area contributed by atoms with Gasteiger partial charge in [-0.05, 0) is 86.5 Å². The molecule has 1 aromatic heterocycles. The van der Waals surface area contributed by atoms with Crippen molar-refractivity contribution in [3.05, 3.63) is 81.5 Å². The number of benzene rings is 2. The second-order valence-electron chi connectivity index (χ2n) is 9.55. The summed E-state index contributed by atoms with van der Waals surface area (Å²) in [6, 6.07) is 14.0. The van der Waals surface area contributed by atoms with Gasteiger partial charge in [-0.3, -0.25) is 10.2 Å². The van der Waals surface area contributed by atoms with Crippen LogP contribution in [0.3, 0.4) is 0 Å². The van der Waals surface area contributed by atoms with Crippen LogP contribution in [0.15, 0.2) is 48.7 Å². The van der Waals surface area contributed by atoms with Gasteiger partial charge in [-0.1, -0.05) is 35.9 Å². The van der Waals surface area contributed by atoms with Gasteiger partial charge in [0, 0.05) is 28.9 Å². The summed E-state index contributed by atoms with van der Waals surface area (Å²) < 4.78 is 0. The van der Waals surface area contributed by atoms with Gasteiger partial charge in [0.05, 0.1) is 16.3 Å². The van der Waals surface area contributed by atoms with Crippen molar-refractivity contribution in [3.63, 3.8) is 0 Å². The molecule has 3 aromatic rings. The zero-order chi connectivity index (χ0) is 24.5. The maximum Gasteiger partial charge on any atom is 0.250 e. The highest BCUT2D eigenvalue weighted by Gasteiger charge is 2.24. The number of fused-ring (bicyclic) bond motifs is 1. The van der Waals surface area contributed by atoms with Crippen LogP contribution < -0.4 is 11.5 Å². The molecule has 1 aliphatic heterocycles. The normalized spacial score (nSPS) is 18.1. The van der Waals surface area contributed by atoms with E-state index in [1.165, 1.54) is 56.0 Å². The number of hydrogen-bond donors (Lipinski definition) is 3. The molecule has 1 aliphatic carbocycles. The van der Waals surface area contributed by atoms with Gasteiger partial charge in [0.25, 0.3) is 0 Å². The molecule has 1 amide bonds. The van der Waals surface area contributed by atoms with Crippen LogP contribution in [0.5, 0.6) is 0 Å². The van der Waals surface area contributed by atoms with E-state index in [4.69, 9.17) is 28.5 Å². The minimum atomic E-state index is -0.605. The van der Waals surface area contributed by atoms with E-state index in [0.717, 1.165) is 24.0 Å². The molecule has 5 rings (SSSR count). The Bertz CT molecular complexity index is 1300. The molecular weight excluding hydrogens is 458 g/mol. The Morgan fingerprint density at radius 1 is 0.971 bits per heavy atom. The van der Waals surface area contributed by atoms with Crippen molar-refractivity contribution < 1.29 is 4.79 Å². The van der Waals surface area contributed by atoms with Crippen molar-refractivity contribution in [2.24, 2.45) is 5.73 Å². The molecule has 2 aromatic carbocycles. The molecule has 1 fully saturated rings. The summed E-state index contributed by atoms with van der Waals surface area (Å²) in [7, 11) is 0. The first kappa shape index (κ1) is 23.5. The fourth-order valence-electron chi connectivity index (χ4n) is 5.40. The van der Waals surface area contributed by atoms with Crippen LogP contribution in [0.2, 0.25) is 5.02 Å². The molecule has 1 saturated heterocycles. The average Bonchev–Trinajstić information content (AvgIpc) is 3.30. The predicted octanol–water partition coefficient (Wildman–Crippen LogP) is 4.84. The lowest BCUT2D eigenvalue weighted by molar-refractivity contribution is 0.100. The van der Waals surface area contributed by atoms with Gasteiger partial charge in [-0.2, -0.15) is 0 Å². The monoisotopic (exact) mass is 487 g/mol. The van der Waals surface area contributed by atoms with E-state index in [1.54, 1.807) is 18.3 Å². The van der Waals surface area contributed by atoms with Crippen LogP contribution in [0.1, 0.15) is 58.3 Å². The van der Waals surface area contributed by atoms with Crippen molar-refractivity contribution >= 4 is 29.0 Å². The number of halogens is 1. The van der Waals surface area contributed by atoms with Crippen molar-refractivity contribution in [1.82, 2.24) is 9.88 Å². The van der Waals surface area contributed by atoms with Gasteiger partial charge in [-0.15, -0.1) is 0 Å². The third-order valence-corrected chi connectivity index (χ3v) is 7.71. The first-order valence-corrected chi connectivity index (χ1v) is 12.6. The minimum absolute atomic E-state index is 0.193. The fourth-order valence-corrected chi connectivity index (χ4v) is 5.68. The summed E-state index contributed by atoms with van der Waals surface area (Å²) in [6.07, 6.45) is 9.06. The minimum Gasteiger partial charge on any atom is -0.383 e. The second kappa shape index (κ2) is 9.80. The Morgan fingerprint density at radius 3 is 2.43 bits per heavy atom. The van der Waals surface area contributed by atoms with E-state index < -0.39 is 5.91 Å². The lowest BCUT2D eigenvalue weighted by Crippen LogP contribution is -2.32. The summed E-state index contributed by atoms with van der Waals surface area (Å²) in [4.78, 5) is 18.6. The quantitative estimate of drug-likeness (QED) is 0.353. The number of primary amides is 1. The molecule has 180 valence electrons. The van der Waals surface area contributed by atoms with E-state index in [2.05, 4.69) is 28.1 Å². The summed E-state index contributed by atoms with van der Waals surface area (Å²) in [5.74, 6) is -0.330. The van der Waals surface area contributed by atoms with E-state index >= 15 is 0 Å². The van der Waals surface area contributed by atoms with Crippen LogP contribution in [0.4, 0.5) is 5.82 Å². The molecular formula is C28H30ClN5O. The third-order valence-electron chi connectivity index (χ3n) is 7.40. The first-order chi connectivity index (χ1) is 16.9. The van der Waals surface area contributed by atoms with Crippen molar-refractivity contribution in [2.45, 2.75) is 44.6 Å². The largest absolute Gasteiger partial charge is 0.383 e. The second-order valence-corrected chi connectivity index (χ2v) is 9.96. The maximum absolute atomic E-state index is 11.5. The number of nitrogen functional groups attached to an aromatic ring is 1. The van der Waals surface area contributed by atoms with Crippen LogP contribution in [0, 0.1) is 5.41 Å². The smallest absolute Gasteiger partial charge is 0.250 e. The summed E-state index contributed by atoms with van der Waals surface area (Å²) >= 11 is 6.21. The number of nitrogens with two attached hydrogens (primary N) is 2. The Hall–Kier alpha value is -3.22. The molecule has 2 heterocycles. The fraction of sp³-hybridized carbons (Fsp3) is 0.321. The molecule has 6 nitrogen and oxygen atoms in total. The van der Waals surface area contributed by atoms with Crippen molar-refractivity contribution in [1.29, 1.82) is 5.41 Å². The molecule has 0 bridgehead atoms. The van der Waals surface area contributed by atoms with Crippen LogP contribution in [-0.2, 0) is 12.8 Å². The van der Waals surface area contributed by atoms with E-state index in [-0.39, 0.29) is 22.1 Å². The number of nitrogens with one attached hydrogen (secondary N) is 1. The number of aromatic nitrogens is 1. The number of amides is 1. The van der Waals surface area contributed by atoms with Gasteiger partial charge in [0.1, 0.15) is 5.82 Å². The number of rotatable bonds is 5. The predicted molar refractivity (Wildman–Crippen MR) is 141 cm³/mol. The highest BCUT2D eigenvalue weighted by atomic mass is 35.5. The molecule has 0 spiro atoms. The number of nitrogens with zero attached hydrogens (tertiary/aromatic N) is 2. The SMILES string of the molecule is N=C(c1ccc(C(N)=O)c(Cl)c1)c1cc(-c2ccc3c(c2)CCC(N2CCCC2)CC3)cnc1N. The number of carbonyl (C=O) groups is 1. The highest BCUT2D eigenvalue weighted by Crippen LogP contribution is 2.31. The standard InChI is InChI=1S/C28H30ClN5O/c29-25-15-20(7-10-23(25)28(32)35)26(30)24-14-21(16-33-27(24)31)19-4-3-17-5-8-22(9-6-18(17)13-19)34-11-1-2-12-34/h3-4,7,10,13-16,22,30H,1-2,5-6,8-9,11-12H2,(H2,31,33)(H2,32,35). The van der Waals surface area contributed by atoms with E-state index in [0.29, 0.717) is 17.2 Å². The van der Waals surface area contributed by atoms with Crippen LogP contribution in [-0.4, -0.2) is 40.6 Å². The lowest BCUT2D eigenvalue weighted by Gasteiger charge is -2.26. The maximum atomic E-state index is 11.5. The Morgan fingerprint density at radius 2 is 1.71 bits per heavy atom. The van der Waals surface area contributed by atoms with Gasteiger partial charge in [-0.25, -0.2) is 4.98 Å². The van der Waals surface area contributed by atoms with Crippen LogP contribution in [0.25, 0.3) is 11.1 Å². The number of carbonyl (C=O) groups excluding carboxylic acids is 1. The van der Waals surface area contributed by atoms with Crippen molar-refractivity contribution in [2.75, 3.05) is 18.8 Å². The van der Waals surface area contributed by atoms with Crippen molar-refractivity contribution in [3.8, 4) is 11.1 Å². The third kappa shape index (κ3) is 4.81. The van der Waals surface area contributed by atoms with E-state index in [9.17, 15) is 4.79 Å². The average molecular weight is 488 g/mol. The molecule has 5 N–H and O–H groups in total. The topological polar surface area (TPSA) is 109 Å². The van der Waals surface area contributed by atoms with Gasteiger partial charge < -0.3 is 16.4 Å². The molecule has 0 saturated carbocycles. The Balaban J connectivity index is 1.41. The molecule has 35 heavy (non-hydrogen) atoms. The first-order valence-electron chi connectivity index (χ1n) is 12.2. The van der Waals surface area contributed by atoms with Gasteiger partial charge >= 0.3 is 0 Å². The summed E-state index contributed by atoms with van der Waals surface area (Å²) in [5, 5.41) is 8.94. The number of pyridine rings is 1. The van der Waals surface area contributed by atoms with Crippen LogP contribution >= 0.6 is 11.6 Å². The zero-order valence-corrected chi connectivity index (χ0v) is 20.4. The van der Waals surface area contributed by atoms with E-state index in [1.807, 2.05) is 6.07 Å². The zero-order valence-electron chi connectivity index (χ0n) is 19.7. The molecule has 1 unspecified atom stereocenters. The molecule has 7 heteroatoms. The Labute approximate surface area is 210 Å². The number of anilines is 1. The number of aryl methyl sites for hydroxylation is 2. The Kier molecular flexibility index (Phi) is 6.58. The number of hydrogen-bond acceptors (Lipinski definition) is 5. The summed E-state index contributed by atoms with van der Waals surface area (Å²) in [6.45, 7) is 2.49. The van der Waals surface area contributed by atoms with Gasteiger partial charge in [0.15, 0.2) is 0 Å². The lowest BCUT2D eigenvalue weighted by atomic mass is 9.95. The highest BCUT2D eigenvalue weighted by molar-refractivity contribution is 6.34. The van der Waals surface area contributed by atoms with Gasteiger partial charge in [0.2, 0.25) is 5.91 Å². The molecule has 0 radical (unpaired) electrons. The summed E-state index contributed by atoms with van der Waals surface area (Å²) in [5.41, 5.74) is 17.8. The molecule has 2 aliphatic rings. The number of likely N-dealkylation sites (tertiary alicyclic amines) is 1.